The summed E-state index contributed by atoms with van der Waals surface area (Å²) in [6.07, 6.45) is -5.05. The third-order valence-corrected chi connectivity index (χ3v) is 5.06. The second-order valence-electron chi connectivity index (χ2n) is 7.97. The van der Waals surface area contributed by atoms with Crippen LogP contribution in [-0.2, 0) is 32.7 Å². The van der Waals surface area contributed by atoms with Gasteiger partial charge in [-0.05, 0) is 49.4 Å². The summed E-state index contributed by atoms with van der Waals surface area (Å²) in [5.74, 6) is -0.223. The molecule has 3 aromatic heterocycles. The predicted octanol–water partition coefficient (Wildman–Crippen LogP) is 4.25. The van der Waals surface area contributed by atoms with Crippen LogP contribution in [-0.4, -0.2) is 49.2 Å². The fourth-order valence-corrected chi connectivity index (χ4v) is 3.51. The van der Waals surface area contributed by atoms with E-state index in [1.165, 1.54) is 25.5 Å². The van der Waals surface area contributed by atoms with E-state index in [2.05, 4.69) is 20.3 Å². The summed E-state index contributed by atoms with van der Waals surface area (Å²) in [6.45, 7) is -0.262. The number of rotatable bonds is 10. The first-order valence-electron chi connectivity index (χ1n) is 10.5. The highest BCUT2D eigenvalue weighted by Crippen LogP contribution is 2.36. The van der Waals surface area contributed by atoms with Gasteiger partial charge in [0, 0.05) is 25.0 Å². The quantitative estimate of drug-likeness (QED) is 0.417. The van der Waals surface area contributed by atoms with Gasteiger partial charge in [0.15, 0.2) is 12.3 Å². The van der Waals surface area contributed by atoms with Crippen molar-refractivity contribution in [1.29, 1.82) is 0 Å². The molecule has 0 aromatic carbocycles. The van der Waals surface area contributed by atoms with E-state index in [9.17, 15) is 31.4 Å². The van der Waals surface area contributed by atoms with Crippen LogP contribution in [0.3, 0.4) is 0 Å². The van der Waals surface area contributed by atoms with Crippen LogP contribution < -0.4 is 4.74 Å². The molecule has 0 saturated heterocycles. The molecule has 1 atom stereocenters. The molecule has 35 heavy (non-hydrogen) atoms. The summed E-state index contributed by atoms with van der Waals surface area (Å²) in [6, 6.07) is 2.99. The van der Waals surface area contributed by atoms with Crippen molar-refractivity contribution >= 4 is 0 Å². The van der Waals surface area contributed by atoms with Gasteiger partial charge in [0.2, 0.25) is 5.88 Å². The number of hydrogen-bond acceptors (Lipinski definition) is 6. The fraction of sp³-hybridized carbons (Fsp3) is 0.455. The first-order valence-corrected chi connectivity index (χ1v) is 10.5. The number of aliphatic hydroxyl groups excluding tert-OH is 1. The van der Waals surface area contributed by atoms with Crippen molar-refractivity contribution < 1.29 is 36.2 Å². The van der Waals surface area contributed by atoms with E-state index < -0.39 is 37.7 Å². The molecule has 0 spiro atoms. The Kier molecular flexibility index (Phi) is 8.30. The molecule has 0 aliphatic heterocycles. The summed E-state index contributed by atoms with van der Waals surface area (Å²) in [5, 5.41) is 21.8. The zero-order valence-electron chi connectivity index (χ0n) is 18.9. The van der Waals surface area contributed by atoms with Crippen molar-refractivity contribution in [1.82, 2.24) is 25.0 Å². The third kappa shape index (κ3) is 6.90. The Bertz CT molecular complexity index is 1150. The highest BCUT2D eigenvalue weighted by molar-refractivity contribution is 5.65. The zero-order chi connectivity index (χ0) is 25.8. The van der Waals surface area contributed by atoms with Crippen LogP contribution in [0.4, 0.5) is 26.3 Å². The van der Waals surface area contributed by atoms with Crippen molar-refractivity contribution in [2.24, 2.45) is 7.05 Å². The molecule has 0 amide bonds. The molecule has 1 N–H and O–H groups in total. The Balaban J connectivity index is 1.64. The Morgan fingerprint density at radius 2 is 1.91 bits per heavy atom. The van der Waals surface area contributed by atoms with Gasteiger partial charge in [0.1, 0.15) is 6.67 Å². The van der Waals surface area contributed by atoms with E-state index in [1.807, 2.05) is 0 Å². The number of nitrogens with zero attached hydrogens (tertiary/aromatic N) is 5. The monoisotopic (exact) mass is 503 g/mol. The van der Waals surface area contributed by atoms with E-state index in [4.69, 9.17) is 4.74 Å². The summed E-state index contributed by atoms with van der Waals surface area (Å²) in [5.41, 5.74) is 0.277. The molecule has 0 saturated carbocycles. The lowest BCUT2D eigenvalue weighted by Gasteiger charge is -2.13. The zero-order valence-corrected chi connectivity index (χ0v) is 18.9. The van der Waals surface area contributed by atoms with Gasteiger partial charge in [-0.25, -0.2) is 18.2 Å². The molecule has 0 aliphatic carbocycles. The average Bonchev–Trinajstić information content (AvgIpc) is 3.18. The average molecular weight is 503 g/mol. The van der Waals surface area contributed by atoms with Crippen molar-refractivity contribution in [3.8, 4) is 17.1 Å². The lowest BCUT2D eigenvalue weighted by Crippen LogP contribution is -2.14. The Morgan fingerprint density at radius 3 is 2.54 bits per heavy atom. The van der Waals surface area contributed by atoms with Gasteiger partial charge in [-0.2, -0.15) is 23.4 Å². The largest absolute Gasteiger partial charge is 0.471 e. The minimum Gasteiger partial charge on any atom is -0.471 e. The number of aliphatic hydroxyl groups is 1. The second-order valence-corrected chi connectivity index (χ2v) is 7.97. The molecule has 3 heterocycles. The highest BCUT2D eigenvalue weighted by Gasteiger charge is 2.38. The molecule has 7 nitrogen and oxygen atoms in total. The first-order chi connectivity index (χ1) is 16.5. The van der Waals surface area contributed by atoms with Crippen molar-refractivity contribution in [2.45, 2.75) is 51.6 Å². The van der Waals surface area contributed by atoms with Gasteiger partial charge < -0.3 is 9.84 Å². The topological polar surface area (TPSA) is 86.0 Å². The minimum absolute atomic E-state index is 0.000980. The van der Waals surface area contributed by atoms with E-state index in [1.54, 1.807) is 13.0 Å². The van der Waals surface area contributed by atoms with Crippen LogP contribution in [0.2, 0.25) is 0 Å². The van der Waals surface area contributed by atoms with Crippen LogP contribution in [0.25, 0.3) is 11.3 Å². The molecule has 3 rings (SSSR count). The molecule has 0 aliphatic rings. The molecule has 3 aromatic rings. The van der Waals surface area contributed by atoms with Gasteiger partial charge in [-0.3, -0.25) is 4.68 Å². The van der Waals surface area contributed by atoms with Crippen LogP contribution in [0.1, 0.15) is 34.5 Å². The summed E-state index contributed by atoms with van der Waals surface area (Å²) in [4.78, 5) is 3.85. The third-order valence-electron chi connectivity index (χ3n) is 5.06. The lowest BCUT2D eigenvalue weighted by atomic mass is 10.0. The van der Waals surface area contributed by atoms with E-state index >= 15 is 0 Å². The molecular formula is C22H23F6N5O2. The maximum Gasteiger partial charge on any atom is 0.435 e. The fourth-order valence-electron chi connectivity index (χ4n) is 3.51. The van der Waals surface area contributed by atoms with E-state index in [0.717, 1.165) is 4.68 Å². The van der Waals surface area contributed by atoms with Crippen molar-refractivity contribution in [2.75, 3.05) is 6.61 Å². The summed E-state index contributed by atoms with van der Waals surface area (Å²) in [7, 11) is 1.38. The first kappa shape index (κ1) is 26.4. The van der Waals surface area contributed by atoms with Gasteiger partial charge in [-0.1, -0.05) is 0 Å². The maximum absolute atomic E-state index is 13.3. The SMILES string of the molecule is Cc1cc(CCC(O)Cc2cnc(OCC(F)F)c(CF)c2)nnc1-c1cn(C)nc1C(F)(F)F. The van der Waals surface area contributed by atoms with Gasteiger partial charge in [-0.15, -0.1) is 5.10 Å². The van der Waals surface area contributed by atoms with Crippen LogP contribution >= 0.6 is 0 Å². The maximum atomic E-state index is 13.3. The van der Waals surface area contributed by atoms with Gasteiger partial charge >= 0.3 is 6.18 Å². The number of ether oxygens (including phenoxy) is 1. The number of hydrogen-bond donors (Lipinski definition) is 1. The molecule has 190 valence electrons. The molecule has 0 fully saturated rings. The Labute approximate surface area is 196 Å². The minimum atomic E-state index is -4.64. The smallest absolute Gasteiger partial charge is 0.435 e. The van der Waals surface area contributed by atoms with Crippen molar-refractivity contribution in [3.63, 3.8) is 0 Å². The molecule has 0 radical (unpaired) electrons. The Morgan fingerprint density at radius 1 is 1.17 bits per heavy atom. The summed E-state index contributed by atoms with van der Waals surface area (Å²) >= 11 is 0. The second kappa shape index (κ2) is 11.0. The number of halogens is 6. The number of pyridine rings is 1. The predicted molar refractivity (Wildman–Crippen MR) is 113 cm³/mol. The number of aromatic nitrogens is 5. The van der Waals surface area contributed by atoms with Gasteiger partial charge in [0.25, 0.3) is 6.43 Å². The lowest BCUT2D eigenvalue weighted by molar-refractivity contribution is -0.141. The normalized spacial score (nSPS) is 12.9. The molecule has 0 bridgehead atoms. The molecule has 13 heteroatoms. The van der Waals surface area contributed by atoms with E-state index in [-0.39, 0.29) is 42.0 Å². The molecular weight excluding hydrogens is 480 g/mol. The number of aryl methyl sites for hydroxylation is 3. The van der Waals surface area contributed by atoms with Crippen LogP contribution in [0, 0.1) is 6.92 Å². The van der Waals surface area contributed by atoms with E-state index in [0.29, 0.717) is 16.8 Å². The van der Waals surface area contributed by atoms with Crippen LogP contribution in [0.5, 0.6) is 5.88 Å². The van der Waals surface area contributed by atoms with Gasteiger partial charge in [0.05, 0.1) is 23.1 Å². The number of alkyl halides is 6. The molecule has 1 unspecified atom stereocenters. The van der Waals surface area contributed by atoms with Crippen LogP contribution in [0.15, 0.2) is 24.5 Å². The summed E-state index contributed by atoms with van der Waals surface area (Å²) < 4.78 is 83.5. The van der Waals surface area contributed by atoms with Crippen molar-refractivity contribution in [3.05, 3.63) is 52.6 Å². The Hall–Kier alpha value is -3.22. The highest BCUT2D eigenvalue weighted by atomic mass is 19.4. The standard InChI is InChI=1S/C22H23F6N5O2/c1-12-5-15(30-31-19(12)17-10-33(2)32-20(17)22(26,27)28)3-4-16(34)7-13-6-14(8-23)21(29-9-13)35-11-18(24)25/h5-6,9-10,16,18,34H,3-4,7-8,11H2,1-2H3.